The van der Waals surface area contributed by atoms with Crippen LogP contribution in [-0.4, -0.2) is 18.5 Å². The van der Waals surface area contributed by atoms with E-state index in [1.807, 2.05) is 13.0 Å². The number of aliphatic hydroxyl groups excluding tert-OH is 1. The van der Waals surface area contributed by atoms with E-state index < -0.39 is 0 Å². The van der Waals surface area contributed by atoms with Gasteiger partial charge in [0.2, 0.25) is 0 Å². The summed E-state index contributed by atoms with van der Waals surface area (Å²) < 4.78 is 11.1. The van der Waals surface area contributed by atoms with Crippen LogP contribution in [0, 0.1) is 6.92 Å². The first kappa shape index (κ1) is 14.1. The molecule has 104 valence electrons. The minimum atomic E-state index is -0.0592. The number of benzene rings is 2. The molecule has 0 unspecified atom stereocenters. The topological polar surface area (TPSA) is 55.8 Å². The van der Waals surface area contributed by atoms with Crippen LogP contribution in [0.25, 0.3) is 0 Å². The molecule has 0 bridgehead atoms. The van der Waals surface area contributed by atoms with Crippen LogP contribution in [0.1, 0.15) is 21.5 Å². The van der Waals surface area contributed by atoms with Crippen LogP contribution in [0.3, 0.4) is 0 Å². The number of rotatable bonds is 5. The molecule has 1 N–H and O–H groups in total. The molecule has 20 heavy (non-hydrogen) atoms. The summed E-state index contributed by atoms with van der Waals surface area (Å²) in [6, 6.07) is 10.5. The van der Waals surface area contributed by atoms with Gasteiger partial charge >= 0.3 is 0 Å². The van der Waals surface area contributed by atoms with E-state index in [1.165, 1.54) is 7.11 Å². The average molecular weight is 272 g/mol. The van der Waals surface area contributed by atoms with E-state index in [2.05, 4.69) is 0 Å². The first-order valence-electron chi connectivity index (χ1n) is 6.19. The van der Waals surface area contributed by atoms with Crippen molar-refractivity contribution in [3.8, 4) is 17.2 Å². The van der Waals surface area contributed by atoms with Crippen molar-refractivity contribution in [3.63, 3.8) is 0 Å². The fourth-order valence-electron chi connectivity index (χ4n) is 1.81. The van der Waals surface area contributed by atoms with E-state index >= 15 is 0 Å². The molecular weight excluding hydrogens is 256 g/mol. The average Bonchev–Trinajstić information content (AvgIpc) is 2.49. The van der Waals surface area contributed by atoms with Crippen LogP contribution in [0.2, 0.25) is 0 Å². The maximum absolute atomic E-state index is 10.8. The predicted octanol–water partition coefficient (Wildman–Crippen LogP) is 3.10. The number of aldehydes is 1. The van der Waals surface area contributed by atoms with Gasteiger partial charge in [-0.05, 0) is 36.2 Å². The van der Waals surface area contributed by atoms with Gasteiger partial charge in [0.05, 0.1) is 13.7 Å². The van der Waals surface area contributed by atoms with E-state index in [4.69, 9.17) is 14.6 Å². The molecule has 0 radical (unpaired) electrons. The van der Waals surface area contributed by atoms with E-state index in [-0.39, 0.29) is 6.61 Å². The van der Waals surface area contributed by atoms with Crippen LogP contribution < -0.4 is 9.47 Å². The van der Waals surface area contributed by atoms with Gasteiger partial charge in [0.25, 0.3) is 0 Å². The predicted molar refractivity (Wildman–Crippen MR) is 75.6 cm³/mol. The number of ether oxygens (including phenoxy) is 2. The molecule has 0 saturated heterocycles. The molecule has 0 spiro atoms. The van der Waals surface area contributed by atoms with Gasteiger partial charge < -0.3 is 14.6 Å². The number of aryl methyl sites for hydroxylation is 1. The zero-order chi connectivity index (χ0) is 14.5. The molecule has 0 aliphatic rings. The molecule has 0 aliphatic heterocycles. The summed E-state index contributed by atoms with van der Waals surface area (Å²) in [6.45, 7) is 1.84. The number of methoxy groups -OCH3 is 1. The smallest absolute Gasteiger partial charge is 0.169 e. The summed E-state index contributed by atoms with van der Waals surface area (Å²) in [7, 11) is 1.54. The lowest BCUT2D eigenvalue weighted by Gasteiger charge is -2.13. The Balaban J connectivity index is 2.36. The van der Waals surface area contributed by atoms with Crippen LogP contribution in [0.4, 0.5) is 0 Å². The fraction of sp³-hybridized carbons (Fsp3) is 0.188. The summed E-state index contributed by atoms with van der Waals surface area (Å²) in [5, 5.41) is 9.12. The van der Waals surface area contributed by atoms with Crippen molar-refractivity contribution >= 4 is 6.29 Å². The summed E-state index contributed by atoms with van der Waals surface area (Å²) in [6.07, 6.45) is 0.776. The molecule has 0 amide bonds. The Labute approximate surface area is 117 Å². The molecule has 0 aliphatic carbocycles. The molecule has 0 heterocycles. The zero-order valence-electron chi connectivity index (χ0n) is 11.4. The zero-order valence-corrected chi connectivity index (χ0v) is 11.4. The van der Waals surface area contributed by atoms with E-state index in [0.29, 0.717) is 22.8 Å². The number of hydrogen-bond acceptors (Lipinski definition) is 4. The number of carbonyl (C=O) groups is 1. The molecule has 0 atom stereocenters. The lowest BCUT2D eigenvalue weighted by atomic mass is 10.1. The Morgan fingerprint density at radius 1 is 1.10 bits per heavy atom. The number of hydrogen-bond donors (Lipinski definition) is 1. The first-order valence-corrected chi connectivity index (χ1v) is 6.19. The Bertz CT molecular complexity index is 620. The van der Waals surface area contributed by atoms with Crippen molar-refractivity contribution in [1.29, 1.82) is 0 Å². The largest absolute Gasteiger partial charge is 0.493 e. The fourth-order valence-corrected chi connectivity index (χ4v) is 1.81. The normalized spacial score (nSPS) is 10.2. The van der Waals surface area contributed by atoms with Crippen molar-refractivity contribution in [1.82, 2.24) is 0 Å². The van der Waals surface area contributed by atoms with Gasteiger partial charge in [0.1, 0.15) is 12.0 Å². The van der Waals surface area contributed by atoms with Gasteiger partial charge in [0.15, 0.2) is 11.5 Å². The van der Waals surface area contributed by atoms with E-state index in [0.717, 1.165) is 17.4 Å². The van der Waals surface area contributed by atoms with Gasteiger partial charge in [0, 0.05) is 5.56 Å². The number of carbonyl (C=O) groups excluding carboxylic acids is 1. The van der Waals surface area contributed by atoms with E-state index in [1.54, 1.807) is 30.3 Å². The Kier molecular flexibility index (Phi) is 4.38. The molecule has 2 aromatic rings. The van der Waals surface area contributed by atoms with Gasteiger partial charge in [-0.2, -0.15) is 0 Å². The van der Waals surface area contributed by atoms with Gasteiger partial charge in [-0.15, -0.1) is 0 Å². The molecule has 4 heteroatoms. The van der Waals surface area contributed by atoms with Crippen molar-refractivity contribution in [2.75, 3.05) is 7.11 Å². The van der Waals surface area contributed by atoms with Crippen molar-refractivity contribution in [3.05, 3.63) is 53.1 Å². The highest BCUT2D eigenvalue weighted by Gasteiger charge is 2.09. The highest BCUT2D eigenvalue weighted by atomic mass is 16.5. The second-order valence-corrected chi connectivity index (χ2v) is 4.39. The van der Waals surface area contributed by atoms with Crippen LogP contribution in [0.5, 0.6) is 17.2 Å². The second kappa shape index (κ2) is 6.21. The highest BCUT2D eigenvalue weighted by Crippen LogP contribution is 2.34. The Hall–Kier alpha value is -2.33. The third-order valence-electron chi connectivity index (χ3n) is 2.98. The molecule has 4 nitrogen and oxygen atoms in total. The Morgan fingerprint density at radius 2 is 1.90 bits per heavy atom. The van der Waals surface area contributed by atoms with E-state index in [9.17, 15) is 4.79 Å². The molecule has 0 aromatic heterocycles. The monoisotopic (exact) mass is 272 g/mol. The lowest BCUT2D eigenvalue weighted by molar-refractivity contribution is 0.112. The van der Waals surface area contributed by atoms with Crippen molar-refractivity contribution in [2.24, 2.45) is 0 Å². The maximum atomic E-state index is 10.8. The summed E-state index contributed by atoms with van der Waals surface area (Å²) in [4.78, 5) is 10.8. The second-order valence-electron chi connectivity index (χ2n) is 4.39. The Morgan fingerprint density at radius 3 is 2.55 bits per heavy atom. The minimum absolute atomic E-state index is 0.0592. The highest BCUT2D eigenvalue weighted by molar-refractivity contribution is 5.76. The molecule has 2 rings (SSSR count). The van der Waals surface area contributed by atoms with Crippen LogP contribution in [-0.2, 0) is 6.61 Å². The standard InChI is InChI=1S/C16H16O4/c1-11-3-4-12(9-17)7-15(11)20-14-6-5-13(10-18)8-16(14)19-2/h3-9,18H,10H2,1-2H3. The molecular formula is C16H16O4. The number of aliphatic hydroxyl groups is 1. The summed E-state index contributed by atoms with van der Waals surface area (Å²) in [5.74, 6) is 1.67. The third kappa shape index (κ3) is 2.97. The maximum Gasteiger partial charge on any atom is 0.169 e. The SMILES string of the molecule is COc1cc(CO)ccc1Oc1cc(C=O)ccc1C. The summed E-state index contributed by atoms with van der Waals surface area (Å²) in [5.41, 5.74) is 2.22. The summed E-state index contributed by atoms with van der Waals surface area (Å²) >= 11 is 0. The quantitative estimate of drug-likeness (QED) is 0.850. The van der Waals surface area contributed by atoms with Gasteiger partial charge in [-0.1, -0.05) is 18.2 Å². The molecule has 0 saturated carbocycles. The van der Waals surface area contributed by atoms with Crippen LogP contribution >= 0.6 is 0 Å². The molecule has 2 aromatic carbocycles. The van der Waals surface area contributed by atoms with Crippen molar-refractivity contribution < 1.29 is 19.4 Å². The third-order valence-corrected chi connectivity index (χ3v) is 2.98. The first-order chi connectivity index (χ1) is 9.67. The lowest BCUT2D eigenvalue weighted by Crippen LogP contribution is -1.94. The van der Waals surface area contributed by atoms with Crippen LogP contribution in [0.15, 0.2) is 36.4 Å². The van der Waals surface area contributed by atoms with Crippen molar-refractivity contribution in [2.45, 2.75) is 13.5 Å². The van der Waals surface area contributed by atoms with Gasteiger partial charge in [-0.25, -0.2) is 0 Å². The van der Waals surface area contributed by atoms with Gasteiger partial charge in [-0.3, -0.25) is 4.79 Å². The molecule has 0 fully saturated rings. The minimum Gasteiger partial charge on any atom is -0.493 e.